The zero-order valence-corrected chi connectivity index (χ0v) is 19.4. The lowest BCUT2D eigenvalue weighted by molar-refractivity contribution is -0.133. The predicted molar refractivity (Wildman–Crippen MR) is 126 cm³/mol. The highest BCUT2D eigenvalue weighted by molar-refractivity contribution is 7.89. The molecule has 7 nitrogen and oxygen atoms in total. The van der Waals surface area contributed by atoms with Gasteiger partial charge in [-0.2, -0.15) is 4.31 Å². The van der Waals surface area contributed by atoms with Crippen molar-refractivity contribution in [3.05, 3.63) is 60.2 Å². The number of nitrogens with zero attached hydrogens (tertiary/aromatic N) is 3. The highest BCUT2D eigenvalue weighted by Gasteiger charge is 2.28. The fraction of sp³-hybridized carbons (Fsp3) is 0.458. The molecule has 4 rings (SSSR count). The molecule has 2 aliphatic rings. The number of amides is 1. The first kappa shape index (κ1) is 22.8. The zero-order chi connectivity index (χ0) is 22.6. The van der Waals surface area contributed by atoms with Crippen LogP contribution in [0, 0.1) is 0 Å². The topological polar surface area (TPSA) is 73.0 Å². The van der Waals surface area contributed by atoms with E-state index in [1.165, 1.54) is 9.87 Å². The summed E-state index contributed by atoms with van der Waals surface area (Å²) in [5, 5.41) is 3.21. The summed E-state index contributed by atoms with van der Waals surface area (Å²) >= 11 is 0. The summed E-state index contributed by atoms with van der Waals surface area (Å²) in [5.74, 6) is 0.0390. The molecule has 0 saturated carbocycles. The third-order valence-electron chi connectivity index (χ3n) is 6.22. The first-order valence-corrected chi connectivity index (χ1v) is 12.8. The predicted octanol–water partition coefficient (Wildman–Crippen LogP) is 2.62. The van der Waals surface area contributed by atoms with Gasteiger partial charge >= 0.3 is 0 Å². The summed E-state index contributed by atoms with van der Waals surface area (Å²) in [7, 11) is -3.48. The molecule has 0 aliphatic carbocycles. The number of benzene rings is 2. The molecule has 32 heavy (non-hydrogen) atoms. The third-order valence-corrected chi connectivity index (χ3v) is 8.12. The smallest absolute Gasteiger partial charge is 0.244 e. The van der Waals surface area contributed by atoms with E-state index in [4.69, 9.17) is 0 Å². The summed E-state index contributed by atoms with van der Waals surface area (Å²) in [5.41, 5.74) is 1.93. The molecule has 2 heterocycles. The van der Waals surface area contributed by atoms with Gasteiger partial charge in [0, 0.05) is 51.5 Å². The van der Waals surface area contributed by atoms with Gasteiger partial charge in [0.2, 0.25) is 15.9 Å². The van der Waals surface area contributed by atoms with Crippen molar-refractivity contribution in [3.63, 3.8) is 0 Å². The SMILES string of the molecule is C[C@@H](Nc1cccc(S(=O)(=O)N2CCCC2)c1)C(=O)N1CCN(Cc2ccccc2)CC1. The van der Waals surface area contributed by atoms with Crippen LogP contribution < -0.4 is 5.32 Å². The van der Waals surface area contributed by atoms with Crippen LogP contribution in [0.5, 0.6) is 0 Å². The molecular weight excluding hydrogens is 424 g/mol. The van der Waals surface area contributed by atoms with Crippen LogP contribution in [0.2, 0.25) is 0 Å². The monoisotopic (exact) mass is 456 g/mol. The maximum atomic E-state index is 13.0. The molecule has 0 unspecified atom stereocenters. The Morgan fingerprint density at radius 2 is 1.62 bits per heavy atom. The van der Waals surface area contributed by atoms with Crippen molar-refractivity contribution in [1.82, 2.24) is 14.1 Å². The van der Waals surface area contributed by atoms with Crippen molar-refractivity contribution in [2.75, 3.05) is 44.6 Å². The molecule has 0 aromatic heterocycles. The Kier molecular flexibility index (Phi) is 7.13. The van der Waals surface area contributed by atoms with E-state index in [0.717, 1.165) is 32.5 Å². The molecule has 1 atom stereocenters. The molecule has 2 aliphatic heterocycles. The second kappa shape index (κ2) is 10.0. The van der Waals surface area contributed by atoms with Crippen LogP contribution in [0.15, 0.2) is 59.5 Å². The maximum absolute atomic E-state index is 13.0. The summed E-state index contributed by atoms with van der Waals surface area (Å²) in [4.78, 5) is 17.5. The second-order valence-electron chi connectivity index (χ2n) is 8.59. The molecule has 1 N–H and O–H groups in total. The van der Waals surface area contributed by atoms with Crippen LogP contribution in [-0.2, 0) is 21.4 Å². The molecule has 0 bridgehead atoms. The standard InChI is InChI=1S/C24H32N4O3S/c1-20(24(29)27-16-14-26(15-17-27)19-21-8-3-2-4-9-21)25-22-10-7-11-23(18-22)32(30,31)28-12-5-6-13-28/h2-4,7-11,18,20,25H,5-6,12-17,19H2,1H3/t20-/m1/s1. The van der Waals surface area contributed by atoms with Gasteiger partial charge in [-0.1, -0.05) is 36.4 Å². The largest absolute Gasteiger partial charge is 0.374 e. The van der Waals surface area contributed by atoms with Gasteiger partial charge in [0.25, 0.3) is 0 Å². The summed E-state index contributed by atoms with van der Waals surface area (Å²) in [6.07, 6.45) is 1.81. The molecule has 2 aromatic carbocycles. The maximum Gasteiger partial charge on any atom is 0.244 e. The quantitative estimate of drug-likeness (QED) is 0.693. The van der Waals surface area contributed by atoms with Crippen molar-refractivity contribution in [1.29, 1.82) is 0 Å². The number of carbonyl (C=O) groups is 1. The lowest BCUT2D eigenvalue weighted by Crippen LogP contribution is -2.51. The molecule has 2 saturated heterocycles. The molecule has 2 fully saturated rings. The summed E-state index contributed by atoms with van der Waals surface area (Å²) in [6.45, 7) is 6.96. The number of nitrogens with one attached hydrogen (secondary N) is 1. The number of rotatable bonds is 7. The van der Waals surface area contributed by atoms with E-state index < -0.39 is 16.1 Å². The van der Waals surface area contributed by atoms with Gasteiger partial charge in [-0.25, -0.2) is 8.42 Å². The Balaban J connectivity index is 1.32. The van der Waals surface area contributed by atoms with Crippen molar-refractivity contribution in [2.24, 2.45) is 0 Å². The molecule has 2 aromatic rings. The van der Waals surface area contributed by atoms with E-state index in [0.29, 0.717) is 31.9 Å². The second-order valence-corrected chi connectivity index (χ2v) is 10.5. The van der Waals surface area contributed by atoms with Gasteiger partial charge in [0.15, 0.2) is 0 Å². The number of anilines is 1. The highest BCUT2D eigenvalue weighted by atomic mass is 32.2. The molecule has 8 heteroatoms. The Bertz CT molecular complexity index is 1010. The third kappa shape index (κ3) is 5.31. The van der Waals surface area contributed by atoms with Crippen LogP contribution >= 0.6 is 0 Å². The van der Waals surface area contributed by atoms with Crippen LogP contribution in [-0.4, -0.2) is 73.7 Å². The minimum atomic E-state index is -3.48. The minimum absolute atomic E-state index is 0.0390. The highest BCUT2D eigenvalue weighted by Crippen LogP contribution is 2.23. The molecule has 0 radical (unpaired) electrons. The van der Waals surface area contributed by atoms with E-state index in [2.05, 4.69) is 22.3 Å². The summed E-state index contributed by atoms with van der Waals surface area (Å²) < 4.78 is 27.2. The van der Waals surface area contributed by atoms with Crippen LogP contribution in [0.25, 0.3) is 0 Å². The minimum Gasteiger partial charge on any atom is -0.374 e. The van der Waals surface area contributed by atoms with Gasteiger partial charge < -0.3 is 10.2 Å². The Labute approximate surface area is 191 Å². The van der Waals surface area contributed by atoms with Gasteiger partial charge in [0.05, 0.1) is 4.90 Å². The number of piperazine rings is 1. The average Bonchev–Trinajstić information content (AvgIpc) is 3.36. The Morgan fingerprint density at radius 1 is 0.938 bits per heavy atom. The van der Waals surface area contributed by atoms with Crippen molar-refractivity contribution >= 4 is 21.6 Å². The molecule has 0 spiro atoms. The lowest BCUT2D eigenvalue weighted by atomic mass is 10.2. The Hall–Kier alpha value is -2.42. The molecular formula is C24H32N4O3S. The normalized spacial score (nSPS) is 19.1. The van der Waals surface area contributed by atoms with Gasteiger partial charge in [-0.3, -0.25) is 9.69 Å². The van der Waals surface area contributed by atoms with Crippen molar-refractivity contribution in [2.45, 2.75) is 37.2 Å². The van der Waals surface area contributed by atoms with Gasteiger partial charge in [0.1, 0.15) is 6.04 Å². The van der Waals surface area contributed by atoms with E-state index in [1.807, 2.05) is 36.1 Å². The molecule has 172 valence electrons. The van der Waals surface area contributed by atoms with E-state index >= 15 is 0 Å². The van der Waals surface area contributed by atoms with E-state index in [-0.39, 0.29) is 10.8 Å². The number of hydrogen-bond donors (Lipinski definition) is 1. The zero-order valence-electron chi connectivity index (χ0n) is 18.6. The average molecular weight is 457 g/mol. The van der Waals surface area contributed by atoms with Crippen LogP contribution in [0.1, 0.15) is 25.3 Å². The van der Waals surface area contributed by atoms with E-state index in [1.54, 1.807) is 18.2 Å². The van der Waals surface area contributed by atoms with Crippen LogP contribution in [0.4, 0.5) is 5.69 Å². The van der Waals surface area contributed by atoms with Gasteiger partial charge in [-0.05, 0) is 43.5 Å². The molecule has 1 amide bonds. The number of hydrogen-bond acceptors (Lipinski definition) is 5. The first-order valence-electron chi connectivity index (χ1n) is 11.4. The van der Waals surface area contributed by atoms with E-state index in [9.17, 15) is 13.2 Å². The van der Waals surface area contributed by atoms with Crippen LogP contribution in [0.3, 0.4) is 0 Å². The fourth-order valence-electron chi connectivity index (χ4n) is 4.38. The lowest BCUT2D eigenvalue weighted by Gasteiger charge is -2.36. The van der Waals surface area contributed by atoms with Gasteiger partial charge in [-0.15, -0.1) is 0 Å². The fourth-order valence-corrected chi connectivity index (χ4v) is 5.94. The summed E-state index contributed by atoms with van der Waals surface area (Å²) in [6, 6.07) is 16.7. The first-order chi connectivity index (χ1) is 15.4. The Morgan fingerprint density at radius 3 is 2.31 bits per heavy atom. The van der Waals surface area contributed by atoms with Crippen molar-refractivity contribution in [3.8, 4) is 0 Å². The van der Waals surface area contributed by atoms with Crippen molar-refractivity contribution < 1.29 is 13.2 Å². The number of sulfonamides is 1. The number of carbonyl (C=O) groups excluding carboxylic acids is 1.